The first-order valence-electron chi connectivity index (χ1n) is 14.4. The fraction of sp³-hybridized carbons (Fsp3) is 0. The molecule has 0 amide bonds. The molecule has 2 heterocycles. The molecule has 0 saturated carbocycles. The molecule has 7 aromatic carbocycles. The number of para-hydroxylation sites is 3. The van der Waals surface area contributed by atoms with E-state index in [4.69, 9.17) is 0 Å². The number of fused-ring (bicyclic) bond motifs is 7. The normalized spacial score (nSPS) is 11.8. The largest absolute Gasteiger partial charge is 0.310 e. The number of benzene rings is 7. The second kappa shape index (κ2) is 8.95. The number of rotatable bonds is 4. The summed E-state index contributed by atoms with van der Waals surface area (Å²) in [5.74, 6) is 0. The fourth-order valence-corrected chi connectivity index (χ4v) is 6.77. The standard InChI is InChI=1S/C40H26N2/c1-2-13-31(14-3-1)41(33-22-20-27-10-4-5-11-28(27)24-33)32-15-8-12-29(25-32)30-21-23-35-37-18-9-17-36-34-16-6-7-19-38(34)42(40(36)37)39(35)26-30/h1-26H. The summed E-state index contributed by atoms with van der Waals surface area (Å²) in [4.78, 5) is 2.35. The number of aromatic nitrogens is 1. The fourth-order valence-electron chi connectivity index (χ4n) is 6.77. The predicted octanol–water partition coefficient (Wildman–Crippen LogP) is 11.1. The zero-order valence-corrected chi connectivity index (χ0v) is 22.9. The summed E-state index contributed by atoms with van der Waals surface area (Å²) in [6, 6.07) is 57.2. The van der Waals surface area contributed by atoms with E-state index in [2.05, 4.69) is 167 Å². The van der Waals surface area contributed by atoms with Crippen molar-refractivity contribution in [3.63, 3.8) is 0 Å². The van der Waals surface area contributed by atoms with Crippen LogP contribution in [-0.2, 0) is 0 Å². The van der Waals surface area contributed by atoms with E-state index in [9.17, 15) is 0 Å². The average Bonchev–Trinajstić information content (AvgIpc) is 3.58. The summed E-state index contributed by atoms with van der Waals surface area (Å²) in [5, 5.41) is 7.70. The molecule has 0 unspecified atom stereocenters. The Kier molecular flexibility index (Phi) is 4.93. The maximum absolute atomic E-state index is 2.45. The van der Waals surface area contributed by atoms with Crippen molar-refractivity contribution in [1.29, 1.82) is 0 Å². The maximum atomic E-state index is 2.45. The minimum Gasteiger partial charge on any atom is -0.310 e. The Bertz CT molecular complexity index is 2420. The summed E-state index contributed by atoms with van der Waals surface area (Å²) in [6.07, 6.45) is 0. The Balaban J connectivity index is 1.24. The lowest BCUT2D eigenvalue weighted by Gasteiger charge is -2.26. The third-order valence-electron chi connectivity index (χ3n) is 8.67. The summed E-state index contributed by atoms with van der Waals surface area (Å²) in [6.45, 7) is 0. The van der Waals surface area contributed by atoms with Gasteiger partial charge in [0, 0.05) is 38.6 Å². The zero-order chi connectivity index (χ0) is 27.6. The molecule has 0 radical (unpaired) electrons. The van der Waals surface area contributed by atoms with Gasteiger partial charge in [0.15, 0.2) is 0 Å². The molecule has 0 N–H and O–H groups in total. The maximum Gasteiger partial charge on any atom is 0.0620 e. The van der Waals surface area contributed by atoms with Gasteiger partial charge in [-0.2, -0.15) is 0 Å². The van der Waals surface area contributed by atoms with Crippen molar-refractivity contribution in [3.8, 4) is 11.1 Å². The number of hydrogen-bond donors (Lipinski definition) is 0. The van der Waals surface area contributed by atoms with Gasteiger partial charge in [-0.25, -0.2) is 0 Å². The van der Waals surface area contributed by atoms with E-state index in [0.29, 0.717) is 0 Å². The highest BCUT2D eigenvalue weighted by Gasteiger charge is 2.18. The van der Waals surface area contributed by atoms with Crippen LogP contribution in [0.2, 0.25) is 0 Å². The third-order valence-corrected chi connectivity index (χ3v) is 8.67. The lowest BCUT2D eigenvalue weighted by molar-refractivity contribution is 1.29. The van der Waals surface area contributed by atoms with E-state index in [1.54, 1.807) is 0 Å². The monoisotopic (exact) mass is 534 g/mol. The molecule has 0 aliphatic heterocycles. The lowest BCUT2D eigenvalue weighted by atomic mass is 10.0. The molecule has 196 valence electrons. The van der Waals surface area contributed by atoms with E-state index < -0.39 is 0 Å². The van der Waals surface area contributed by atoms with Gasteiger partial charge < -0.3 is 9.30 Å². The third kappa shape index (κ3) is 3.39. The topological polar surface area (TPSA) is 7.65 Å². The Morgan fingerprint density at radius 2 is 1.00 bits per heavy atom. The second-order valence-corrected chi connectivity index (χ2v) is 11.0. The minimum absolute atomic E-state index is 1.13. The predicted molar refractivity (Wildman–Crippen MR) is 179 cm³/mol. The Morgan fingerprint density at radius 3 is 1.88 bits per heavy atom. The first-order valence-corrected chi connectivity index (χ1v) is 14.4. The van der Waals surface area contributed by atoms with E-state index >= 15 is 0 Å². The van der Waals surface area contributed by atoms with Gasteiger partial charge in [0.05, 0.1) is 16.6 Å². The van der Waals surface area contributed by atoms with Crippen LogP contribution in [0.4, 0.5) is 17.1 Å². The van der Waals surface area contributed by atoms with Crippen molar-refractivity contribution in [1.82, 2.24) is 4.40 Å². The molecule has 0 aliphatic rings. The van der Waals surface area contributed by atoms with Gasteiger partial charge in [-0.3, -0.25) is 0 Å². The van der Waals surface area contributed by atoms with Crippen molar-refractivity contribution in [2.45, 2.75) is 0 Å². The van der Waals surface area contributed by atoms with Crippen molar-refractivity contribution in [2.75, 3.05) is 4.90 Å². The van der Waals surface area contributed by atoms with Crippen LogP contribution in [0.5, 0.6) is 0 Å². The SMILES string of the molecule is c1ccc(N(c2cccc(-c3ccc4c5cccc6c7ccccc7n(c4c3)c65)c2)c2ccc3ccccc3c2)cc1. The lowest BCUT2D eigenvalue weighted by Crippen LogP contribution is -2.09. The quantitative estimate of drug-likeness (QED) is 0.218. The second-order valence-electron chi connectivity index (χ2n) is 11.0. The smallest absolute Gasteiger partial charge is 0.0620 e. The molecule has 2 heteroatoms. The Morgan fingerprint density at radius 1 is 0.357 bits per heavy atom. The van der Waals surface area contributed by atoms with Gasteiger partial charge in [-0.05, 0) is 70.4 Å². The first kappa shape index (κ1) is 23.1. The Hall–Kier alpha value is -5.60. The average molecular weight is 535 g/mol. The van der Waals surface area contributed by atoms with E-state index in [1.165, 1.54) is 60.0 Å². The van der Waals surface area contributed by atoms with Crippen molar-refractivity contribution in [3.05, 3.63) is 158 Å². The summed E-state index contributed by atoms with van der Waals surface area (Å²) >= 11 is 0. The van der Waals surface area contributed by atoms with Crippen LogP contribution in [0.1, 0.15) is 0 Å². The molecule has 0 fully saturated rings. The molecule has 0 spiro atoms. The molecular weight excluding hydrogens is 508 g/mol. The van der Waals surface area contributed by atoms with E-state index in [-0.39, 0.29) is 0 Å². The molecule has 42 heavy (non-hydrogen) atoms. The molecule has 2 nitrogen and oxygen atoms in total. The molecule has 0 atom stereocenters. The highest BCUT2D eigenvalue weighted by atomic mass is 15.1. The van der Waals surface area contributed by atoms with Crippen LogP contribution >= 0.6 is 0 Å². The van der Waals surface area contributed by atoms with Crippen molar-refractivity contribution >= 4 is 65.9 Å². The van der Waals surface area contributed by atoms with Gasteiger partial charge in [-0.1, -0.05) is 109 Å². The zero-order valence-electron chi connectivity index (χ0n) is 22.9. The molecule has 0 bridgehead atoms. The molecule has 0 aliphatic carbocycles. The molecule has 2 aromatic heterocycles. The van der Waals surface area contributed by atoms with Crippen LogP contribution in [0.25, 0.3) is 60.0 Å². The van der Waals surface area contributed by atoms with E-state index in [0.717, 1.165) is 17.1 Å². The highest BCUT2D eigenvalue weighted by molar-refractivity contribution is 6.23. The van der Waals surface area contributed by atoms with Gasteiger partial charge in [0.2, 0.25) is 0 Å². The molecule has 0 saturated heterocycles. The van der Waals surface area contributed by atoms with Gasteiger partial charge in [-0.15, -0.1) is 0 Å². The van der Waals surface area contributed by atoms with Crippen LogP contribution in [-0.4, -0.2) is 4.40 Å². The summed E-state index contributed by atoms with van der Waals surface area (Å²) < 4.78 is 2.45. The van der Waals surface area contributed by atoms with Crippen LogP contribution in [0.3, 0.4) is 0 Å². The van der Waals surface area contributed by atoms with Gasteiger partial charge in [0.1, 0.15) is 0 Å². The van der Waals surface area contributed by atoms with Gasteiger partial charge in [0.25, 0.3) is 0 Å². The first-order chi connectivity index (χ1) is 20.8. The number of anilines is 3. The van der Waals surface area contributed by atoms with Crippen molar-refractivity contribution in [2.24, 2.45) is 0 Å². The molecule has 9 rings (SSSR count). The number of nitrogens with zero attached hydrogens (tertiary/aromatic N) is 2. The van der Waals surface area contributed by atoms with E-state index in [1.807, 2.05) is 0 Å². The van der Waals surface area contributed by atoms with Crippen LogP contribution in [0, 0.1) is 0 Å². The number of hydrogen-bond acceptors (Lipinski definition) is 1. The highest BCUT2D eigenvalue weighted by Crippen LogP contribution is 2.41. The van der Waals surface area contributed by atoms with Gasteiger partial charge >= 0.3 is 0 Å². The minimum atomic E-state index is 1.13. The van der Waals surface area contributed by atoms with Crippen LogP contribution in [0.15, 0.2) is 158 Å². The molecule has 9 aromatic rings. The molecular formula is C40H26N2. The van der Waals surface area contributed by atoms with Crippen LogP contribution < -0.4 is 4.90 Å². The Labute approximate surface area is 243 Å². The summed E-state index contributed by atoms with van der Waals surface area (Å²) in [7, 11) is 0. The summed E-state index contributed by atoms with van der Waals surface area (Å²) in [5.41, 5.74) is 9.63. The van der Waals surface area contributed by atoms with Crippen molar-refractivity contribution < 1.29 is 0 Å².